The Labute approximate surface area is 93.8 Å². The summed E-state index contributed by atoms with van der Waals surface area (Å²) < 4.78 is 4.52. The first-order chi connectivity index (χ1) is 7.11. The van der Waals surface area contributed by atoms with E-state index in [0.29, 0.717) is 10.9 Å². The van der Waals surface area contributed by atoms with Gasteiger partial charge in [-0.25, -0.2) is 4.79 Å². The SMILES string of the molecule is Cc1c(C(=O)Br)oc(=O)c2ccccc12. The molecule has 1 heterocycles. The molecule has 0 atom stereocenters. The molecule has 0 saturated heterocycles. The summed E-state index contributed by atoms with van der Waals surface area (Å²) in [6.45, 7) is 1.75. The first-order valence-electron chi connectivity index (χ1n) is 4.33. The lowest BCUT2D eigenvalue weighted by Crippen LogP contribution is -2.06. The van der Waals surface area contributed by atoms with Gasteiger partial charge in [0, 0.05) is 21.5 Å². The molecule has 2 rings (SSSR count). The average molecular weight is 267 g/mol. The molecule has 0 unspecified atom stereocenters. The molecule has 0 saturated carbocycles. The highest BCUT2D eigenvalue weighted by Gasteiger charge is 2.13. The summed E-state index contributed by atoms with van der Waals surface area (Å²) in [5.74, 6) is 0.0682. The second-order valence-electron chi connectivity index (χ2n) is 3.16. The second-order valence-corrected chi connectivity index (χ2v) is 3.88. The Bertz CT molecular complexity index is 598. The standard InChI is InChI=1S/C11H7BrO3/c1-6-7-4-2-3-5-8(7)11(14)15-9(6)10(12)13/h2-5H,1H3. The first-order valence-corrected chi connectivity index (χ1v) is 5.13. The Morgan fingerprint density at radius 3 is 2.47 bits per heavy atom. The van der Waals surface area contributed by atoms with Gasteiger partial charge in [-0.15, -0.1) is 0 Å². The van der Waals surface area contributed by atoms with E-state index in [2.05, 4.69) is 15.9 Å². The molecule has 1 aromatic carbocycles. The van der Waals surface area contributed by atoms with Crippen molar-refractivity contribution in [2.45, 2.75) is 6.92 Å². The highest BCUT2D eigenvalue weighted by Crippen LogP contribution is 2.19. The minimum absolute atomic E-state index is 0.0682. The molecule has 1 aromatic heterocycles. The largest absolute Gasteiger partial charge is 0.418 e. The number of benzene rings is 1. The second kappa shape index (κ2) is 3.62. The third kappa shape index (κ3) is 1.61. The smallest absolute Gasteiger partial charge is 0.344 e. The van der Waals surface area contributed by atoms with Crippen LogP contribution < -0.4 is 5.63 Å². The zero-order valence-corrected chi connectivity index (χ0v) is 9.50. The fourth-order valence-corrected chi connectivity index (χ4v) is 1.90. The molecule has 0 amide bonds. The lowest BCUT2D eigenvalue weighted by Gasteiger charge is -2.03. The van der Waals surface area contributed by atoms with Crippen LogP contribution in [0.5, 0.6) is 0 Å². The maximum Gasteiger partial charge on any atom is 0.344 e. The number of carbonyl (C=O) groups is 1. The van der Waals surface area contributed by atoms with Crippen molar-refractivity contribution in [2.75, 3.05) is 0 Å². The quantitative estimate of drug-likeness (QED) is 0.746. The molecule has 0 aliphatic carbocycles. The summed E-state index contributed by atoms with van der Waals surface area (Å²) in [6.07, 6.45) is 0. The normalized spacial score (nSPS) is 10.5. The van der Waals surface area contributed by atoms with Gasteiger partial charge in [0.25, 0.3) is 4.69 Å². The van der Waals surface area contributed by atoms with Gasteiger partial charge in [-0.2, -0.15) is 0 Å². The van der Waals surface area contributed by atoms with Crippen molar-refractivity contribution in [3.05, 3.63) is 46.0 Å². The van der Waals surface area contributed by atoms with Gasteiger partial charge < -0.3 is 4.42 Å². The maximum absolute atomic E-state index is 11.5. The third-order valence-corrected chi connectivity index (χ3v) is 2.62. The number of halogens is 1. The Kier molecular flexibility index (Phi) is 2.44. The van der Waals surface area contributed by atoms with Gasteiger partial charge in [0.2, 0.25) is 0 Å². The van der Waals surface area contributed by atoms with Gasteiger partial charge in [-0.05, 0) is 18.4 Å². The molecule has 0 bridgehead atoms. The van der Waals surface area contributed by atoms with Crippen LogP contribution in [-0.4, -0.2) is 4.69 Å². The first kappa shape index (κ1) is 10.1. The van der Waals surface area contributed by atoms with Crippen molar-refractivity contribution >= 4 is 31.4 Å². The fourth-order valence-electron chi connectivity index (χ4n) is 1.52. The molecular weight excluding hydrogens is 260 g/mol. The van der Waals surface area contributed by atoms with E-state index in [1.54, 1.807) is 25.1 Å². The van der Waals surface area contributed by atoms with Crippen LogP contribution in [-0.2, 0) is 0 Å². The molecule has 3 nitrogen and oxygen atoms in total. The number of hydrogen-bond acceptors (Lipinski definition) is 3. The molecular formula is C11H7BrO3. The molecule has 0 spiro atoms. The lowest BCUT2D eigenvalue weighted by atomic mass is 10.1. The summed E-state index contributed by atoms with van der Waals surface area (Å²) in [5, 5.41) is 1.24. The zero-order chi connectivity index (χ0) is 11.0. The van der Waals surface area contributed by atoms with Crippen molar-refractivity contribution in [3.63, 3.8) is 0 Å². The van der Waals surface area contributed by atoms with Crippen LogP contribution in [0.1, 0.15) is 16.1 Å². The molecule has 0 radical (unpaired) electrons. The molecule has 2 aromatic rings. The number of fused-ring (bicyclic) bond motifs is 1. The minimum atomic E-state index is -0.487. The highest BCUT2D eigenvalue weighted by atomic mass is 79.9. The molecule has 0 N–H and O–H groups in total. The van der Waals surface area contributed by atoms with Crippen molar-refractivity contribution in [1.82, 2.24) is 0 Å². The summed E-state index contributed by atoms with van der Waals surface area (Å²) in [4.78, 5) is 22.7. The van der Waals surface area contributed by atoms with Crippen LogP contribution in [0, 0.1) is 6.92 Å². The molecule has 0 fully saturated rings. The van der Waals surface area contributed by atoms with E-state index in [1.165, 1.54) is 0 Å². The number of aryl methyl sites for hydroxylation is 1. The van der Waals surface area contributed by atoms with Crippen LogP contribution >= 0.6 is 15.9 Å². The Balaban J connectivity index is 2.97. The van der Waals surface area contributed by atoms with E-state index >= 15 is 0 Å². The van der Waals surface area contributed by atoms with E-state index in [4.69, 9.17) is 4.42 Å². The minimum Gasteiger partial charge on any atom is -0.418 e. The van der Waals surface area contributed by atoms with E-state index in [1.807, 2.05) is 6.07 Å². The Hall–Kier alpha value is -1.42. The highest BCUT2D eigenvalue weighted by molar-refractivity contribution is 9.18. The van der Waals surface area contributed by atoms with Crippen LogP contribution in [0.15, 0.2) is 33.5 Å². The van der Waals surface area contributed by atoms with Crippen molar-refractivity contribution in [1.29, 1.82) is 0 Å². The average Bonchev–Trinajstić information content (AvgIpc) is 2.23. The van der Waals surface area contributed by atoms with Gasteiger partial charge in [0.1, 0.15) is 0 Å². The fraction of sp³-hybridized carbons (Fsp3) is 0.0909. The molecule has 76 valence electrons. The van der Waals surface area contributed by atoms with Crippen molar-refractivity contribution in [2.24, 2.45) is 0 Å². The maximum atomic E-state index is 11.5. The number of rotatable bonds is 1. The van der Waals surface area contributed by atoms with Gasteiger partial charge in [-0.1, -0.05) is 18.2 Å². The summed E-state index contributed by atoms with van der Waals surface area (Å²) in [6, 6.07) is 7.04. The summed E-state index contributed by atoms with van der Waals surface area (Å²) in [7, 11) is 0. The van der Waals surface area contributed by atoms with Gasteiger partial charge in [-0.3, -0.25) is 4.79 Å². The molecule has 0 aliphatic heterocycles. The Morgan fingerprint density at radius 2 is 1.87 bits per heavy atom. The van der Waals surface area contributed by atoms with Crippen LogP contribution in [0.3, 0.4) is 0 Å². The van der Waals surface area contributed by atoms with Crippen molar-refractivity contribution < 1.29 is 9.21 Å². The monoisotopic (exact) mass is 266 g/mol. The van der Waals surface area contributed by atoms with Crippen LogP contribution in [0.25, 0.3) is 10.8 Å². The molecule has 0 aliphatic rings. The molecule has 4 heteroatoms. The Morgan fingerprint density at radius 1 is 1.27 bits per heavy atom. The van der Waals surface area contributed by atoms with Crippen LogP contribution in [0.2, 0.25) is 0 Å². The van der Waals surface area contributed by atoms with E-state index in [9.17, 15) is 9.59 Å². The summed E-state index contributed by atoms with van der Waals surface area (Å²) >= 11 is 2.78. The predicted octanol–water partition coefficient (Wildman–Crippen LogP) is 2.64. The third-order valence-electron chi connectivity index (χ3n) is 2.26. The zero-order valence-electron chi connectivity index (χ0n) is 7.91. The van der Waals surface area contributed by atoms with E-state index in [0.717, 1.165) is 5.39 Å². The summed E-state index contributed by atoms with van der Waals surface area (Å²) in [5.41, 5.74) is 0.186. The van der Waals surface area contributed by atoms with Gasteiger partial charge in [0.15, 0.2) is 5.76 Å². The lowest BCUT2D eigenvalue weighted by molar-refractivity contribution is 0.106. The van der Waals surface area contributed by atoms with Gasteiger partial charge in [0.05, 0.1) is 5.39 Å². The van der Waals surface area contributed by atoms with Crippen LogP contribution in [0.4, 0.5) is 0 Å². The molecule has 15 heavy (non-hydrogen) atoms. The van der Waals surface area contributed by atoms with E-state index in [-0.39, 0.29) is 5.76 Å². The van der Waals surface area contributed by atoms with Crippen molar-refractivity contribution in [3.8, 4) is 0 Å². The topological polar surface area (TPSA) is 47.3 Å². The number of hydrogen-bond donors (Lipinski definition) is 0. The number of carbonyl (C=O) groups excluding carboxylic acids is 1. The van der Waals surface area contributed by atoms with E-state index < -0.39 is 10.3 Å². The van der Waals surface area contributed by atoms with Gasteiger partial charge >= 0.3 is 5.63 Å². The predicted molar refractivity (Wildman–Crippen MR) is 60.5 cm³/mol.